The molecule has 1 aliphatic rings. The highest BCUT2D eigenvalue weighted by atomic mass is 16.5. The zero-order valence-electron chi connectivity index (χ0n) is 10.2. The van der Waals surface area contributed by atoms with E-state index in [2.05, 4.69) is 10.1 Å². The van der Waals surface area contributed by atoms with E-state index in [1.54, 1.807) is 12.1 Å². The van der Waals surface area contributed by atoms with Crippen molar-refractivity contribution in [3.8, 4) is 0 Å². The molecule has 0 amide bonds. The van der Waals surface area contributed by atoms with Gasteiger partial charge in [-0.25, -0.2) is 0 Å². The van der Waals surface area contributed by atoms with Crippen LogP contribution < -0.4 is 5.32 Å². The number of carbonyl (C=O) groups excluding carboxylic acids is 2. The molecule has 0 spiro atoms. The third kappa shape index (κ3) is 2.24. The second kappa shape index (κ2) is 5.22. The van der Waals surface area contributed by atoms with Crippen molar-refractivity contribution in [2.75, 3.05) is 14.2 Å². The largest absolute Gasteiger partial charge is 0.469 e. The number of carbonyl (C=O) groups is 2. The van der Waals surface area contributed by atoms with Crippen molar-refractivity contribution in [2.45, 2.75) is 18.5 Å². The molecule has 0 unspecified atom stereocenters. The van der Waals surface area contributed by atoms with Crippen LogP contribution in [0.3, 0.4) is 0 Å². The highest BCUT2D eigenvalue weighted by Crippen LogP contribution is 2.34. The van der Waals surface area contributed by atoms with Gasteiger partial charge in [-0.05, 0) is 18.6 Å². The molecule has 18 heavy (non-hydrogen) atoms. The maximum absolute atomic E-state index is 11.7. The van der Waals surface area contributed by atoms with Crippen LogP contribution in [0.4, 0.5) is 0 Å². The van der Waals surface area contributed by atoms with Crippen molar-refractivity contribution in [2.24, 2.45) is 5.92 Å². The van der Waals surface area contributed by atoms with Gasteiger partial charge in [-0.15, -0.1) is 0 Å². The van der Waals surface area contributed by atoms with E-state index in [1.165, 1.54) is 20.5 Å². The molecule has 6 nitrogen and oxygen atoms in total. The molecule has 98 valence electrons. The third-order valence-corrected chi connectivity index (χ3v) is 3.11. The van der Waals surface area contributed by atoms with E-state index in [-0.39, 0.29) is 12.0 Å². The minimum atomic E-state index is -0.519. The van der Waals surface area contributed by atoms with Gasteiger partial charge in [-0.3, -0.25) is 14.9 Å². The Morgan fingerprint density at radius 3 is 2.61 bits per heavy atom. The molecule has 1 aliphatic heterocycles. The fourth-order valence-electron chi connectivity index (χ4n) is 2.23. The zero-order chi connectivity index (χ0) is 13.1. The summed E-state index contributed by atoms with van der Waals surface area (Å²) in [5, 5.41) is 3.04. The summed E-state index contributed by atoms with van der Waals surface area (Å²) < 4.78 is 14.7. The normalized spacial score (nSPS) is 26.9. The van der Waals surface area contributed by atoms with E-state index in [4.69, 9.17) is 9.15 Å². The first-order valence-electron chi connectivity index (χ1n) is 5.62. The van der Waals surface area contributed by atoms with Crippen molar-refractivity contribution in [1.29, 1.82) is 0 Å². The van der Waals surface area contributed by atoms with Crippen LogP contribution in [-0.4, -0.2) is 32.2 Å². The number of esters is 2. The summed E-state index contributed by atoms with van der Waals surface area (Å²) in [6.45, 7) is 0. The molecule has 3 atom stereocenters. The fourth-order valence-corrected chi connectivity index (χ4v) is 2.23. The van der Waals surface area contributed by atoms with E-state index >= 15 is 0 Å². The third-order valence-electron chi connectivity index (χ3n) is 3.11. The second-order valence-corrected chi connectivity index (χ2v) is 4.10. The lowest BCUT2D eigenvalue weighted by molar-refractivity contribution is -0.146. The summed E-state index contributed by atoms with van der Waals surface area (Å²) in [5.41, 5.74) is 0. The molecular weight excluding hydrogens is 238 g/mol. The minimum absolute atomic E-state index is 0.338. The lowest BCUT2D eigenvalue weighted by Gasteiger charge is -2.14. The molecule has 1 fully saturated rings. The standard InChI is InChI=1S/C12H15NO5/c1-16-11(14)7-6-8(12(15)17-2)13-10(7)9-4-3-5-18-9/h3-5,7-8,10,13H,6H2,1-2H3/t7-,8-,10+/m1/s1. The first-order chi connectivity index (χ1) is 8.67. The molecule has 1 N–H and O–H groups in total. The van der Waals surface area contributed by atoms with E-state index in [0.717, 1.165) is 0 Å². The number of methoxy groups -OCH3 is 2. The van der Waals surface area contributed by atoms with Crippen LogP contribution >= 0.6 is 0 Å². The monoisotopic (exact) mass is 253 g/mol. The van der Waals surface area contributed by atoms with Crippen LogP contribution in [0.1, 0.15) is 18.2 Å². The smallest absolute Gasteiger partial charge is 0.322 e. The highest BCUT2D eigenvalue weighted by molar-refractivity contribution is 5.80. The molecule has 0 bridgehead atoms. The molecule has 2 rings (SSSR count). The Morgan fingerprint density at radius 1 is 1.33 bits per heavy atom. The van der Waals surface area contributed by atoms with E-state index in [9.17, 15) is 9.59 Å². The topological polar surface area (TPSA) is 77.8 Å². The van der Waals surface area contributed by atoms with Crippen molar-refractivity contribution in [3.05, 3.63) is 24.2 Å². The Hall–Kier alpha value is -1.82. The maximum Gasteiger partial charge on any atom is 0.322 e. The van der Waals surface area contributed by atoms with Gasteiger partial charge in [-0.1, -0.05) is 0 Å². The molecule has 1 aromatic rings. The summed E-state index contributed by atoms with van der Waals surface area (Å²) in [6.07, 6.45) is 1.86. The molecule has 0 saturated carbocycles. The van der Waals surface area contributed by atoms with E-state index in [1.807, 2.05) is 0 Å². The first kappa shape index (κ1) is 12.6. The van der Waals surface area contributed by atoms with E-state index < -0.39 is 17.9 Å². The summed E-state index contributed by atoms with van der Waals surface area (Å²) in [7, 11) is 2.64. The van der Waals surface area contributed by atoms with Gasteiger partial charge in [-0.2, -0.15) is 0 Å². The van der Waals surface area contributed by atoms with Crippen LogP contribution in [0, 0.1) is 5.92 Å². The Labute approximate surface area is 104 Å². The summed E-state index contributed by atoms with van der Waals surface area (Å²) in [5.74, 6) is -0.602. The SMILES string of the molecule is COC(=O)[C@H]1C[C@@H](C(=O)OC)[C@@H](c2ccco2)N1. The van der Waals surface area contributed by atoms with Gasteiger partial charge in [0, 0.05) is 0 Å². The zero-order valence-corrected chi connectivity index (χ0v) is 10.2. The van der Waals surface area contributed by atoms with Gasteiger partial charge >= 0.3 is 11.9 Å². The van der Waals surface area contributed by atoms with Gasteiger partial charge in [0.1, 0.15) is 11.8 Å². The van der Waals surface area contributed by atoms with Crippen LogP contribution in [0.5, 0.6) is 0 Å². The lowest BCUT2D eigenvalue weighted by Crippen LogP contribution is -2.33. The van der Waals surface area contributed by atoms with E-state index in [0.29, 0.717) is 12.2 Å². The van der Waals surface area contributed by atoms with Gasteiger partial charge in [0.15, 0.2) is 0 Å². The highest BCUT2D eigenvalue weighted by Gasteiger charge is 2.44. The van der Waals surface area contributed by atoms with Crippen molar-refractivity contribution in [1.82, 2.24) is 5.32 Å². The lowest BCUT2D eigenvalue weighted by atomic mass is 9.97. The van der Waals surface area contributed by atoms with Gasteiger partial charge in [0.25, 0.3) is 0 Å². The van der Waals surface area contributed by atoms with Crippen LogP contribution in [0.2, 0.25) is 0 Å². The molecule has 0 radical (unpaired) electrons. The molecule has 1 aromatic heterocycles. The van der Waals surface area contributed by atoms with Crippen molar-refractivity contribution < 1.29 is 23.5 Å². The predicted octanol–water partition coefficient (Wildman–Crippen LogP) is 0.645. The molecule has 2 heterocycles. The van der Waals surface area contributed by atoms with Crippen molar-refractivity contribution in [3.63, 3.8) is 0 Å². The average molecular weight is 253 g/mol. The minimum Gasteiger partial charge on any atom is -0.469 e. The number of nitrogens with one attached hydrogen (secondary N) is 1. The Kier molecular flexibility index (Phi) is 3.66. The number of hydrogen-bond acceptors (Lipinski definition) is 6. The Morgan fingerprint density at radius 2 is 2.06 bits per heavy atom. The van der Waals surface area contributed by atoms with Crippen molar-refractivity contribution >= 4 is 11.9 Å². The quantitative estimate of drug-likeness (QED) is 0.797. The summed E-state index contributed by atoms with van der Waals surface area (Å²) >= 11 is 0. The second-order valence-electron chi connectivity index (χ2n) is 4.10. The number of ether oxygens (including phenoxy) is 2. The average Bonchev–Trinajstić information content (AvgIpc) is 3.04. The first-order valence-corrected chi connectivity index (χ1v) is 5.62. The van der Waals surface area contributed by atoms with Crippen LogP contribution in [-0.2, 0) is 19.1 Å². The van der Waals surface area contributed by atoms with Crippen LogP contribution in [0.25, 0.3) is 0 Å². The Bertz CT molecular complexity index is 428. The van der Waals surface area contributed by atoms with Gasteiger partial charge in [0.05, 0.1) is 32.4 Å². The maximum atomic E-state index is 11.7. The number of hydrogen-bond donors (Lipinski definition) is 1. The summed E-state index contributed by atoms with van der Waals surface area (Å²) in [6, 6.07) is 2.61. The molecule has 6 heteroatoms. The Balaban J connectivity index is 2.20. The number of rotatable bonds is 3. The van der Waals surface area contributed by atoms with Crippen LogP contribution in [0.15, 0.2) is 22.8 Å². The molecular formula is C12H15NO5. The number of furan rings is 1. The van der Waals surface area contributed by atoms with Gasteiger partial charge < -0.3 is 13.9 Å². The molecule has 0 aromatic carbocycles. The predicted molar refractivity (Wildman–Crippen MR) is 60.5 cm³/mol. The molecule has 1 saturated heterocycles. The molecule has 0 aliphatic carbocycles. The van der Waals surface area contributed by atoms with Gasteiger partial charge in [0.2, 0.25) is 0 Å². The summed E-state index contributed by atoms with van der Waals surface area (Å²) in [4.78, 5) is 23.2. The fraction of sp³-hybridized carbons (Fsp3) is 0.500.